The number of carbonyl (C=O) groups excluding carboxylic acids is 1. The SMILES string of the molecule is CCS(=O)(=O)N1CCN(Cc2cccc(NNC(=O)N3C=CC=CC3C)c2F)[C@H](C)C1. The van der Waals surface area contributed by atoms with E-state index < -0.39 is 15.8 Å². The maximum atomic E-state index is 15.1. The summed E-state index contributed by atoms with van der Waals surface area (Å²) in [5, 5.41) is 0. The molecule has 10 heteroatoms. The van der Waals surface area contributed by atoms with Crippen molar-refractivity contribution in [2.75, 3.05) is 30.8 Å². The van der Waals surface area contributed by atoms with Crippen molar-refractivity contribution in [3.05, 3.63) is 54.0 Å². The largest absolute Gasteiger partial charge is 0.340 e. The first-order chi connectivity index (χ1) is 14.7. The third-order valence-corrected chi connectivity index (χ3v) is 7.51. The summed E-state index contributed by atoms with van der Waals surface area (Å²) in [6, 6.07) is 4.46. The molecule has 0 aromatic heterocycles. The highest BCUT2D eigenvalue weighted by atomic mass is 32.2. The third kappa shape index (κ3) is 5.44. The standard InChI is InChI=1S/C21H30FN5O3S/c1-4-31(29,30)26-13-12-25(17(3)14-26)15-18-9-7-10-19(20(18)22)23-24-21(28)27-11-6-5-8-16(27)2/h5-11,16-17,23H,4,12-15H2,1-3H3,(H,24,28)/t16?,17-/m1/s1. The van der Waals surface area contributed by atoms with E-state index in [-0.39, 0.29) is 29.6 Å². The van der Waals surface area contributed by atoms with Gasteiger partial charge in [-0.3, -0.25) is 20.7 Å². The number of sulfonamides is 1. The highest BCUT2D eigenvalue weighted by Crippen LogP contribution is 2.22. The van der Waals surface area contributed by atoms with E-state index >= 15 is 4.39 Å². The predicted octanol–water partition coefficient (Wildman–Crippen LogP) is 2.49. The minimum Gasteiger partial charge on any atom is -0.294 e. The molecule has 1 aromatic rings. The first-order valence-electron chi connectivity index (χ1n) is 10.4. The summed E-state index contributed by atoms with van der Waals surface area (Å²) >= 11 is 0. The first-order valence-corrected chi connectivity index (χ1v) is 12.0. The average Bonchev–Trinajstić information content (AvgIpc) is 2.75. The lowest BCUT2D eigenvalue weighted by Crippen LogP contribution is -2.53. The Bertz CT molecular complexity index is 966. The molecule has 2 aliphatic heterocycles. The van der Waals surface area contributed by atoms with Crippen LogP contribution in [0.3, 0.4) is 0 Å². The van der Waals surface area contributed by atoms with E-state index in [2.05, 4.69) is 15.8 Å². The van der Waals surface area contributed by atoms with Gasteiger partial charge in [0.25, 0.3) is 0 Å². The molecule has 0 spiro atoms. The average molecular weight is 452 g/mol. The minimum atomic E-state index is -3.22. The Morgan fingerprint density at radius 1 is 1.23 bits per heavy atom. The Kier molecular flexibility index (Phi) is 7.34. The van der Waals surface area contributed by atoms with Crippen molar-refractivity contribution in [2.24, 2.45) is 0 Å². The number of rotatable bonds is 6. The number of hydrazine groups is 1. The first kappa shape index (κ1) is 23.2. The van der Waals surface area contributed by atoms with Crippen molar-refractivity contribution in [2.45, 2.75) is 39.4 Å². The van der Waals surface area contributed by atoms with Gasteiger partial charge in [0.1, 0.15) is 0 Å². The van der Waals surface area contributed by atoms with Gasteiger partial charge in [-0.05, 0) is 32.9 Å². The van der Waals surface area contributed by atoms with Crippen LogP contribution < -0.4 is 10.9 Å². The molecule has 0 radical (unpaired) electrons. The summed E-state index contributed by atoms with van der Waals surface area (Å²) in [5.74, 6) is -0.364. The fourth-order valence-corrected chi connectivity index (χ4v) is 4.85. The Hall–Kier alpha value is -2.43. The minimum absolute atomic E-state index is 0.0359. The van der Waals surface area contributed by atoms with Gasteiger partial charge in [0.2, 0.25) is 10.0 Å². The fraction of sp³-hybridized carbons (Fsp3) is 0.476. The maximum Gasteiger partial charge on any atom is 0.340 e. The highest BCUT2D eigenvalue weighted by molar-refractivity contribution is 7.89. The highest BCUT2D eigenvalue weighted by Gasteiger charge is 2.30. The molecule has 2 aliphatic rings. The normalized spacial score (nSPS) is 22.5. The van der Waals surface area contributed by atoms with Crippen molar-refractivity contribution in [3.8, 4) is 0 Å². The molecule has 2 amide bonds. The van der Waals surface area contributed by atoms with E-state index in [1.165, 1.54) is 9.21 Å². The molecular formula is C21H30FN5O3S. The van der Waals surface area contributed by atoms with Gasteiger partial charge in [0.15, 0.2) is 5.82 Å². The molecule has 0 aliphatic carbocycles. The summed E-state index contributed by atoms with van der Waals surface area (Å²) in [7, 11) is -3.22. The van der Waals surface area contributed by atoms with Gasteiger partial charge in [-0.25, -0.2) is 17.6 Å². The molecule has 1 unspecified atom stereocenters. The van der Waals surface area contributed by atoms with Crippen LogP contribution in [0.15, 0.2) is 42.6 Å². The van der Waals surface area contributed by atoms with E-state index in [1.807, 2.05) is 26.0 Å². The number of halogens is 1. The van der Waals surface area contributed by atoms with Crippen molar-refractivity contribution in [1.82, 2.24) is 19.5 Å². The lowest BCUT2D eigenvalue weighted by molar-refractivity contribution is 0.121. The van der Waals surface area contributed by atoms with Gasteiger partial charge in [-0.2, -0.15) is 4.31 Å². The molecule has 8 nitrogen and oxygen atoms in total. The molecule has 170 valence electrons. The number of carbonyl (C=O) groups is 1. The van der Waals surface area contributed by atoms with Crippen molar-refractivity contribution >= 4 is 21.7 Å². The summed E-state index contributed by atoms with van der Waals surface area (Å²) < 4.78 is 40.8. The lowest BCUT2D eigenvalue weighted by Gasteiger charge is -2.39. The fourth-order valence-electron chi connectivity index (χ4n) is 3.68. The van der Waals surface area contributed by atoms with Crippen molar-refractivity contribution in [3.63, 3.8) is 0 Å². The van der Waals surface area contributed by atoms with Crippen LogP contribution in [0.4, 0.5) is 14.9 Å². The van der Waals surface area contributed by atoms with Crippen LogP contribution in [-0.2, 0) is 16.6 Å². The summed E-state index contributed by atoms with van der Waals surface area (Å²) in [6.07, 6.45) is 7.17. The summed E-state index contributed by atoms with van der Waals surface area (Å²) in [5.41, 5.74) is 5.86. The van der Waals surface area contributed by atoms with Crippen LogP contribution in [0.25, 0.3) is 0 Å². The van der Waals surface area contributed by atoms with Crippen LogP contribution in [0.1, 0.15) is 26.3 Å². The van der Waals surface area contributed by atoms with E-state index in [0.29, 0.717) is 31.7 Å². The van der Waals surface area contributed by atoms with Crippen LogP contribution >= 0.6 is 0 Å². The maximum absolute atomic E-state index is 15.1. The number of amides is 2. The van der Waals surface area contributed by atoms with E-state index in [1.54, 1.807) is 37.4 Å². The smallest absolute Gasteiger partial charge is 0.294 e. The van der Waals surface area contributed by atoms with Crippen molar-refractivity contribution in [1.29, 1.82) is 0 Å². The van der Waals surface area contributed by atoms with E-state index in [0.717, 1.165) is 0 Å². The zero-order valence-corrected chi connectivity index (χ0v) is 18.9. The zero-order valence-electron chi connectivity index (χ0n) is 18.1. The van der Waals surface area contributed by atoms with Crippen LogP contribution in [0.5, 0.6) is 0 Å². The Morgan fingerprint density at radius 3 is 2.68 bits per heavy atom. The second kappa shape index (κ2) is 9.80. The predicted molar refractivity (Wildman–Crippen MR) is 119 cm³/mol. The quantitative estimate of drug-likeness (QED) is 0.649. The number of hydrogen-bond donors (Lipinski definition) is 2. The van der Waals surface area contributed by atoms with Gasteiger partial charge < -0.3 is 0 Å². The Labute approximate surface area is 183 Å². The molecule has 2 N–H and O–H groups in total. The monoisotopic (exact) mass is 451 g/mol. The molecule has 0 bridgehead atoms. The number of nitrogens with zero attached hydrogens (tertiary/aromatic N) is 3. The van der Waals surface area contributed by atoms with Gasteiger partial charge in [-0.15, -0.1) is 0 Å². The Balaban J connectivity index is 1.61. The second-order valence-corrected chi connectivity index (χ2v) is 10.0. The van der Waals surface area contributed by atoms with Gasteiger partial charge in [-0.1, -0.05) is 24.3 Å². The summed E-state index contributed by atoms with van der Waals surface area (Å²) in [4.78, 5) is 15.9. The number of hydrogen-bond acceptors (Lipinski definition) is 5. The molecular weight excluding hydrogens is 421 g/mol. The second-order valence-electron chi connectivity index (χ2n) is 7.79. The van der Waals surface area contributed by atoms with Crippen LogP contribution in [0.2, 0.25) is 0 Å². The molecule has 1 aromatic carbocycles. The molecule has 1 fully saturated rings. The number of allylic oxidation sites excluding steroid dienone is 2. The van der Waals surface area contributed by atoms with Crippen LogP contribution in [-0.4, -0.2) is 66.0 Å². The number of urea groups is 1. The molecule has 3 rings (SSSR count). The van der Waals surface area contributed by atoms with Crippen LogP contribution in [0, 0.1) is 5.82 Å². The Morgan fingerprint density at radius 2 is 2.00 bits per heavy atom. The molecule has 31 heavy (non-hydrogen) atoms. The van der Waals surface area contributed by atoms with Gasteiger partial charge >= 0.3 is 6.03 Å². The third-order valence-electron chi connectivity index (χ3n) is 5.66. The van der Waals surface area contributed by atoms with Gasteiger partial charge in [0, 0.05) is 44.0 Å². The zero-order chi connectivity index (χ0) is 22.6. The molecule has 1 saturated heterocycles. The number of piperazine rings is 1. The number of nitrogens with one attached hydrogen (secondary N) is 2. The van der Waals surface area contributed by atoms with Gasteiger partial charge in [0.05, 0.1) is 17.5 Å². The lowest BCUT2D eigenvalue weighted by atomic mass is 10.1. The molecule has 2 heterocycles. The van der Waals surface area contributed by atoms with Crippen molar-refractivity contribution < 1.29 is 17.6 Å². The summed E-state index contributed by atoms with van der Waals surface area (Å²) in [6.45, 7) is 7.13. The van der Waals surface area contributed by atoms with E-state index in [9.17, 15) is 13.2 Å². The number of benzene rings is 1. The molecule has 2 atom stereocenters. The van der Waals surface area contributed by atoms with E-state index in [4.69, 9.17) is 0 Å². The topological polar surface area (TPSA) is 85.0 Å². The molecule has 0 saturated carbocycles. The number of anilines is 1.